The van der Waals surface area contributed by atoms with Crippen molar-refractivity contribution in [3.05, 3.63) is 23.3 Å². The molecule has 2 fully saturated rings. The molecule has 0 aromatic rings. The highest BCUT2D eigenvalue weighted by Crippen LogP contribution is 2.60. The first-order chi connectivity index (χ1) is 18.4. The fourth-order valence-corrected chi connectivity index (χ4v) is 7.60. The molecule has 2 saturated carbocycles. The van der Waals surface area contributed by atoms with Crippen LogP contribution in [0.25, 0.3) is 0 Å². The first-order valence-electron chi connectivity index (χ1n) is 14.2. The second kappa shape index (κ2) is 11.7. The number of ether oxygens (including phenoxy) is 4. The van der Waals surface area contributed by atoms with Crippen molar-refractivity contribution in [2.24, 2.45) is 28.6 Å². The van der Waals surface area contributed by atoms with Crippen molar-refractivity contribution in [2.75, 3.05) is 0 Å². The summed E-state index contributed by atoms with van der Waals surface area (Å²) in [4.78, 5) is 50.2. The largest absolute Gasteiger partial charge is 0.461 e. The maximum Gasteiger partial charge on any atom is 0.311 e. The maximum absolute atomic E-state index is 13.2. The van der Waals surface area contributed by atoms with Crippen molar-refractivity contribution in [3.63, 3.8) is 0 Å². The average molecular weight is 563 g/mol. The lowest BCUT2D eigenvalue weighted by molar-refractivity contribution is -0.189. The first-order valence-corrected chi connectivity index (χ1v) is 14.2. The number of aliphatic hydroxyl groups is 1. The van der Waals surface area contributed by atoms with Crippen LogP contribution in [0.2, 0.25) is 0 Å². The fourth-order valence-electron chi connectivity index (χ4n) is 7.60. The number of carbonyl (C=O) groups is 4. The molecule has 3 aliphatic rings. The molecule has 2 bridgehead atoms. The molecule has 3 aliphatic carbocycles. The van der Waals surface area contributed by atoms with Crippen molar-refractivity contribution in [1.29, 1.82) is 0 Å². The zero-order chi connectivity index (χ0) is 30.3. The van der Waals surface area contributed by atoms with Crippen LogP contribution in [0.4, 0.5) is 0 Å². The van der Waals surface area contributed by atoms with Crippen LogP contribution >= 0.6 is 0 Å². The van der Waals surface area contributed by atoms with Gasteiger partial charge in [0.25, 0.3) is 0 Å². The minimum atomic E-state index is -0.905. The highest BCUT2D eigenvalue weighted by molar-refractivity contribution is 5.73. The molecule has 9 heteroatoms. The second-order valence-corrected chi connectivity index (χ2v) is 12.9. The number of fused-ring (bicyclic) bond motifs is 3. The third-order valence-electron chi connectivity index (χ3n) is 9.37. The van der Waals surface area contributed by atoms with Crippen molar-refractivity contribution >= 4 is 23.9 Å². The van der Waals surface area contributed by atoms with Gasteiger partial charge < -0.3 is 24.1 Å². The van der Waals surface area contributed by atoms with Crippen LogP contribution in [0.3, 0.4) is 0 Å². The van der Waals surface area contributed by atoms with Gasteiger partial charge in [0, 0.05) is 39.0 Å². The summed E-state index contributed by atoms with van der Waals surface area (Å²) in [5, 5.41) is 10.1. The Kier molecular flexibility index (Phi) is 9.29. The van der Waals surface area contributed by atoms with Crippen LogP contribution in [0.5, 0.6) is 0 Å². The molecule has 1 N–H and O–H groups in total. The Bertz CT molecular complexity index is 1090. The van der Waals surface area contributed by atoms with Gasteiger partial charge in [0.1, 0.15) is 24.4 Å². The van der Waals surface area contributed by atoms with Gasteiger partial charge in [-0.3, -0.25) is 19.2 Å². The molecule has 0 aliphatic heterocycles. The molecular weight excluding hydrogens is 516 g/mol. The lowest BCUT2D eigenvalue weighted by Crippen LogP contribution is -2.60. The van der Waals surface area contributed by atoms with E-state index in [9.17, 15) is 24.3 Å². The molecule has 0 aromatic carbocycles. The van der Waals surface area contributed by atoms with Gasteiger partial charge in [-0.2, -0.15) is 0 Å². The minimum absolute atomic E-state index is 0.348. The predicted octanol–water partition coefficient (Wildman–Crippen LogP) is 4.45. The normalized spacial score (nSPS) is 34.8. The Morgan fingerprint density at radius 3 is 2.00 bits per heavy atom. The molecule has 0 aromatic heterocycles. The van der Waals surface area contributed by atoms with E-state index in [2.05, 4.69) is 13.5 Å². The van der Waals surface area contributed by atoms with Crippen LogP contribution in [0.15, 0.2) is 23.3 Å². The quantitative estimate of drug-likeness (QED) is 0.284. The van der Waals surface area contributed by atoms with Crippen molar-refractivity contribution in [1.82, 2.24) is 0 Å². The summed E-state index contributed by atoms with van der Waals surface area (Å²) >= 11 is 0. The van der Waals surface area contributed by atoms with Crippen molar-refractivity contribution in [3.8, 4) is 0 Å². The zero-order valence-electron chi connectivity index (χ0n) is 25.4. The monoisotopic (exact) mass is 562 g/mol. The lowest BCUT2D eigenvalue weighted by Gasteiger charge is -2.58. The van der Waals surface area contributed by atoms with Gasteiger partial charge in [-0.05, 0) is 62.0 Å². The second-order valence-electron chi connectivity index (χ2n) is 12.9. The van der Waals surface area contributed by atoms with E-state index in [1.165, 1.54) is 27.7 Å². The number of esters is 4. The summed E-state index contributed by atoms with van der Waals surface area (Å²) in [7, 11) is 0. The molecule has 3 rings (SSSR count). The van der Waals surface area contributed by atoms with Gasteiger partial charge in [-0.15, -0.1) is 0 Å². The summed E-state index contributed by atoms with van der Waals surface area (Å²) in [6.45, 7) is 19.6. The molecule has 0 amide bonds. The van der Waals surface area contributed by atoms with Crippen LogP contribution in [-0.2, 0) is 38.1 Å². The predicted molar refractivity (Wildman–Crippen MR) is 147 cm³/mol. The van der Waals surface area contributed by atoms with E-state index in [1.807, 2.05) is 20.8 Å². The Labute approximate surface area is 237 Å². The van der Waals surface area contributed by atoms with Gasteiger partial charge in [0.05, 0.1) is 12.0 Å². The summed E-state index contributed by atoms with van der Waals surface area (Å²) < 4.78 is 23.9. The fraction of sp³-hybridized carbons (Fsp3) is 0.742. The Hall–Kier alpha value is -2.68. The van der Waals surface area contributed by atoms with E-state index in [0.29, 0.717) is 31.3 Å². The molecule has 0 saturated heterocycles. The van der Waals surface area contributed by atoms with E-state index in [0.717, 1.165) is 11.1 Å². The average Bonchev–Trinajstić information content (AvgIpc) is 2.77. The summed E-state index contributed by atoms with van der Waals surface area (Å²) in [5.74, 6) is -3.65. The van der Waals surface area contributed by atoms with Crippen LogP contribution < -0.4 is 0 Å². The van der Waals surface area contributed by atoms with E-state index < -0.39 is 83.0 Å². The molecule has 0 spiro atoms. The molecule has 0 radical (unpaired) electrons. The van der Waals surface area contributed by atoms with Crippen molar-refractivity contribution < 1.29 is 43.2 Å². The molecule has 40 heavy (non-hydrogen) atoms. The molecule has 224 valence electrons. The first kappa shape index (κ1) is 31.8. The summed E-state index contributed by atoms with van der Waals surface area (Å²) in [5.41, 5.74) is 1.23. The standard InChI is InChI=1S/C31H46O9/c1-15-13-23(40-29(36)16(2)18(4)32)27-28(39-21(7)35)26-17(3)22(37-19(5)33)11-12-31(26,10)14-24(38-20(6)34)25(15)30(27,8)9/h16,18,22-24,26-28,32H,3,11-14H2,1-2,4-10H3/t16-,18+,22+,23+,24+,26+,27+,28+,31+/m1/s1. The highest BCUT2D eigenvalue weighted by atomic mass is 16.6. The molecule has 9 atom stereocenters. The van der Waals surface area contributed by atoms with Crippen LogP contribution in [-0.4, -0.2) is 59.5 Å². The van der Waals surface area contributed by atoms with Crippen LogP contribution in [0, 0.1) is 28.6 Å². The lowest BCUT2D eigenvalue weighted by atomic mass is 9.50. The molecule has 9 nitrogen and oxygen atoms in total. The number of carbonyl (C=O) groups excluding carboxylic acids is 4. The topological polar surface area (TPSA) is 125 Å². The summed E-state index contributed by atoms with van der Waals surface area (Å²) in [6, 6.07) is 0. The van der Waals surface area contributed by atoms with Crippen LogP contribution in [0.1, 0.15) is 88.0 Å². The van der Waals surface area contributed by atoms with E-state index in [4.69, 9.17) is 18.9 Å². The minimum Gasteiger partial charge on any atom is -0.461 e. The Morgan fingerprint density at radius 1 is 0.925 bits per heavy atom. The van der Waals surface area contributed by atoms with Gasteiger partial charge in [0.2, 0.25) is 0 Å². The zero-order valence-corrected chi connectivity index (χ0v) is 25.4. The maximum atomic E-state index is 13.2. The molecule has 0 heterocycles. The Morgan fingerprint density at radius 2 is 1.48 bits per heavy atom. The smallest absolute Gasteiger partial charge is 0.311 e. The molecule has 0 unspecified atom stereocenters. The highest BCUT2D eigenvalue weighted by Gasteiger charge is 2.61. The van der Waals surface area contributed by atoms with Gasteiger partial charge in [-0.1, -0.05) is 32.9 Å². The Balaban J connectivity index is 2.27. The van der Waals surface area contributed by atoms with Gasteiger partial charge in [0.15, 0.2) is 0 Å². The third-order valence-corrected chi connectivity index (χ3v) is 9.37. The summed E-state index contributed by atoms with van der Waals surface area (Å²) in [6.07, 6.45) is -1.55. The van der Waals surface area contributed by atoms with E-state index in [-0.39, 0.29) is 0 Å². The SMILES string of the molecule is C=C1[C@@H](OC(C)=O)CC[C@@]2(C)C[C@H](OC(C)=O)C3=C(C)C[C@H](OC(=O)[C@H](C)[C@H](C)O)[C@@H]([C@@H](OC(C)=O)[C@H]12)C3(C)C. The van der Waals surface area contributed by atoms with Crippen molar-refractivity contribution in [2.45, 2.75) is 119 Å². The van der Waals surface area contributed by atoms with Gasteiger partial charge in [-0.25, -0.2) is 0 Å². The van der Waals surface area contributed by atoms with E-state index in [1.54, 1.807) is 6.92 Å². The third kappa shape index (κ3) is 6.14. The number of hydrogen-bond donors (Lipinski definition) is 1. The number of rotatable bonds is 6. The van der Waals surface area contributed by atoms with Gasteiger partial charge >= 0.3 is 23.9 Å². The van der Waals surface area contributed by atoms with E-state index >= 15 is 0 Å². The number of aliphatic hydroxyl groups excluding tert-OH is 1. The number of hydrogen-bond acceptors (Lipinski definition) is 9. The molecular formula is C31H46O9.